The number of phenols is 1. The standard InChI is InChI=1S/C9H6INO/c10-9-4-7(12)3-6-5-11-2-1-8(6)9/h1-5,12H. The number of halogens is 1. The van der Waals surface area contributed by atoms with Crippen molar-refractivity contribution < 1.29 is 5.11 Å². The van der Waals surface area contributed by atoms with Crippen LogP contribution < -0.4 is 0 Å². The van der Waals surface area contributed by atoms with Crippen LogP contribution in [0.1, 0.15) is 0 Å². The average Bonchev–Trinajstić information content (AvgIpc) is 2.04. The van der Waals surface area contributed by atoms with Gasteiger partial charge in [0.25, 0.3) is 0 Å². The van der Waals surface area contributed by atoms with E-state index in [0.717, 1.165) is 14.3 Å². The molecule has 2 rings (SSSR count). The molecule has 0 amide bonds. The topological polar surface area (TPSA) is 33.1 Å². The summed E-state index contributed by atoms with van der Waals surface area (Å²) >= 11 is 2.20. The van der Waals surface area contributed by atoms with Gasteiger partial charge in [0.15, 0.2) is 0 Å². The number of phenolic OH excluding ortho intramolecular Hbond substituents is 1. The van der Waals surface area contributed by atoms with Crippen molar-refractivity contribution in [3.05, 3.63) is 34.2 Å². The molecule has 0 saturated carbocycles. The van der Waals surface area contributed by atoms with Gasteiger partial charge < -0.3 is 5.11 Å². The van der Waals surface area contributed by atoms with E-state index in [9.17, 15) is 5.11 Å². The number of nitrogens with zero attached hydrogens (tertiary/aromatic N) is 1. The molecule has 0 aliphatic rings. The molecule has 2 nitrogen and oxygen atoms in total. The van der Waals surface area contributed by atoms with Crippen LogP contribution in [0.5, 0.6) is 5.75 Å². The number of hydrogen-bond acceptors (Lipinski definition) is 2. The first-order valence-electron chi connectivity index (χ1n) is 3.49. The molecule has 0 bridgehead atoms. The fourth-order valence-corrected chi connectivity index (χ4v) is 1.96. The first kappa shape index (κ1) is 7.79. The molecule has 1 heterocycles. The Hall–Kier alpha value is -0.840. The summed E-state index contributed by atoms with van der Waals surface area (Å²) in [7, 11) is 0. The zero-order chi connectivity index (χ0) is 8.55. The lowest BCUT2D eigenvalue weighted by Crippen LogP contribution is -1.79. The minimum Gasteiger partial charge on any atom is -0.508 e. The number of aromatic nitrogens is 1. The first-order valence-corrected chi connectivity index (χ1v) is 4.57. The second-order valence-electron chi connectivity index (χ2n) is 2.52. The second kappa shape index (κ2) is 2.90. The molecule has 1 N–H and O–H groups in total. The van der Waals surface area contributed by atoms with Crippen LogP contribution in [0.3, 0.4) is 0 Å². The van der Waals surface area contributed by atoms with Crippen molar-refractivity contribution in [2.45, 2.75) is 0 Å². The zero-order valence-corrected chi connectivity index (χ0v) is 8.32. The Morgan fingerprint density at radius 2 is 2.17 bits per heavy atom. The lowest BCUT2D eigenvalue weighted by Gasteiger charge is -2.00. The molecule has 1 aromatic carbocycles. The van der Waals surface area contributed by atoms with Crippen molar-refractivity contribution in [2.75, 3.05) is 0 Å². The van der Waals surface area contributed by atoms with Gasteiger partial charge in [-0.2, -0.15) is 0 Å². The Kier molecular flexibility index (Phi) is 1.88. The molecule has 0 aliphatic carbocycles. The second-order valence-corrected chi connectivity index (χ2v) is 3.69. The summed E-state index contributed by atoms with van der Waals surface area (Å²) in [6.45, 7) is 0. The zero-order valence-electron chi connectivity index (χ0n) is 6.16. The fourth-order valence-electron chi connectivity index (χ4n) is 1.15. The van der Waals surface area contributed by atoms with Crippen LogP contribution in [0, 0.1) is 3.57 Å². The Morgan fingerprint density at radius 3 is 3.00 bits per heavy atom. The number of benzene rings is 1. The van der Waals surface area contributed by atoms with Gasteiger partial charge in [-0.1, -0.05) is 0 Å². The summed E-state index contributed by atoms with van der Waals surface area (Å²) in [5.41, 5.74) is 0. The van der Waals surface area contributed by atoms with Gasteiger partial charge in [-0.05, 0) is 46.2 Å². The van der Waals surface area contributed by atoms with Crippen LogP contribution in [0.25, 0.3) is 10.8 Å². The van der Waals surface area contributed by atoms with E-state index in [1.165, 1.54) is 0 Å². The highest BCUT2D eigenvalue weighted by atomic mass is 127. The largest absolute Gasteiger partial charge is 0.508 e. The van der Waals surface area contributed by atoms with Crippen LogP contribution in [-0.2, 0) is 0 Å². The van der Waals surface area contributed by atoms with Crippen LogP contribution in [0.4, 0.5) is 0 Å². The number of hydrogen-bond donors (Lipinski definition) is 1. The van der Waals surface area contributed by atoms with Crippen molar-refractivity contribution in [3.8, 4) is 5.75 Å². The van der Waals surface area contributed by atoms with E-state index in [1.54, 1.807) is 24.5 Å². The van der Waals surface area contributed by atoms with E-state index in [2.05, 4.69) is 27.6 Å². The van der Waals surface area contributed by atoms with Crippen molar-refractivity contribution in [1.29, 1.82) is 0 Å². The third kappa shape index (κ3) is 1.24. The van der Waals surface area contributed by atoms with Crippen molar-refractivity contribution >= 4 is 33.4 Å². The third-order valence-electron chi connectivity index (χ3n) is 1.69. The van der Waals surface area contributed by atoms with E-state index in [0.29, 0.717) is 5.75 Å². The quantitative estimate of drug-likeness (QED) is 0.747. The highest BCUT2D eigenvalue weighted by Gasteiger charge is 1.99. The summed E-state index contributed by atoms with van der Waals surface area (Å²) in [6, 6.07) is 5.39. The molecule has 0 unspecified atom stereocenters. The van der Waals surface area contributed by atoms with Gasteiger partial charge in [-0.15, -0.1) is 0 Å². The van der Waals surface area contributed by atoms with Gasteiger partial charge in [0.2, 0.25) is 0 Å². The SMILES string of the molecule is Oc1cc(I)c2ccncc2c1. The Labute approximate surface area is 83.4 Å². The van der Waals surface area contributed by atoms with Crippen molar-refractivity contribution in [1.82, 2.24) is 4.98 Å². The summed E-state index contributed by atoms with van der Waals surface area (Å²) in [5.74, 6) is 0.292. The number of pyridine rings is 1. The van der Waals surface area contributed by atoms with Gasteiger partial charge in [0.1, 0.15) is 5.75 Å². The molecular weight excluding hydrogens is 265 g/mol. The van der Waals surface area contributed by atoms with E-state index < -0.39 is 0 Å². The highest BCUT2D eigenvalue weighted by molar-refractivity contribution is 14.1. The van der Waals surface area contributed by atoms with E-state index in [4.69, 9.17) is 0 Å². The highest BCUT2D eigenvalue weighted by Crippen LogP contribution is 2.24. The maximum absolute atomic E-state index is 9.28. The van der Waals surface area contributed by atoms with Gasteiger partial charge in [-0.25, -0.2) is 0 Å². The van der Waals surface area contributed by atoms with Crippen LogP contribution in [0.2, 0.25) is 0 Å². The fraction of sp³-hybridized carbons (Fsp3) is 0. The maximum atomic E-state index is 9.28. The van der Waals surface area contributed by atoms with Crippen LogP contribution >= 0.6 is 22.6 Å². The minimum atomic E-state index is 0.292. The summed E-state index contributed by atoms with van der Waals surface area (Å²) in [4.78, 5) is 3.98. The smallest absolute Gasteiger partial charge is 0.117 e. The van der Waals surface area contributed by atoms with E-state index in [1.807, 2.05) is 6.07 Å². The lowest BCUT2D eigenvalue weighted by atomic mass is 10.2. The van der Waals surface area contributed by atoms with Gasteiger partial charge in [-0.3, -0.25) is 4.98 Å². The molecule has 0 aliphatic heterocycles. The molecule has 3 heteroatoms. The minimum absolute atomic E-state index is 0.292. The molecular formula is C9H6INO. The molecule has 12 heavy (non-hydrogen) atoms. The predicted molar refractivity (Wildman–Crippen MR) is 56.1 cm³/mol. The lowest BCUT2D eigenvalue weighted by molar-refractivity contribution is 0.476. The molecule has 0 radical (unpaired) electrons. The van der Waals surface area contributed by atoms with Gasteiger partial charge in [0, 0.05) is 21.4 Å². The number of rotatable bonds is 0. The molecule has 0 atom stereocenters. The Balaban J connectivity index is 2.89. The molecule has 0 saturated heterocycles. The van der Waals surface area contributed by atoms with Crippen molar-refractivity contribution in [2.24, 2.45) is 0 Å². The average molecular weight is 271 g/mol. The van der Waals surface area contributed by atoms with Gasteiger partial charge >= 0.3 is 0 Å². The van der Waals surface area contributed by atoms with Crippen molar-refractivity contribution in [3.63, 3.8) is 0 Å². The van der Waals surface area contributed by atoms with Crippen LogP contribution in [-0.4, -0.2) is 10.1 Å². The number of aromatic hydroxyl groups is 1. The first-order chi connectivity index (χ1) is 5.77. The number of fused-ring (bicyclic) bond motifs is 1. The summed E-state index contributed by atoms with van der Waals surface area (Å²) in [6.07, 6.45) is 3.50. The van der Waals surface area contributed by atoms with Crippen LogP contribution in [0.15, 0.2) is 30.6 Å². The predicted octanol–water partition coefficient (Wildman–Crippen LogP) is 2.55. The van der Waals surface area contributed by atoms with Gasteiger partial charge in [0.05, 0.1) is 0 Å². The molecule has 1 aromatic heterocycles. The molecule has 60 valence electrons. The third-order valence-corrected chi connectivity index (χ3v) is 2.58. The summed E-state index contributed by atoms with van der Waals surface area (Å²) < 4.78 is 1.05. The Morgan fingerprint density at radius 1 is 1.33 bits per heavy atom. The normalized spacial score (nSPS) is 10.4. The Bertz CT molecular complexity index is 428. The molecule has 0 fully saturated rings. The maximum Gasteiger partial charge on any atom is 0.117 e. The monoisotopic (exact) mass is 271 g/mol. The van der Waals surface area contributed by atoms with E-state index >= 15 is 0 Å². The molecule has 0 spiro atoms. The molecule has 2 aromatic rings. The summed E-state index contributed by atoms with van der Waals surface area (Å²) in [5, 5.41) is 11.4. The van der Waals surface area contributed by atoms with E-state index in [-0.39, 0.29) is 0 Å².